The molecule has 5 nitrogen and oxygen atoms in total. The van der Waals surface area contributed by atoms with Crippen LogP contribution in [0.3, 0.4) is 0 Å². The third-order valence-corrected chi connectivity index (χ3v) is 5.83. The monoisotopic (exact) mass is 481 g/mol. The van der Waals surface area contributed by atoms with Crippen molar-refractivity contribution >= 4 is 17.7 Å². The zero-order valence-electron chi connectivity index (χ0n) is 21.5. The highest BCUT2D eigenvalue weighted by Crippen LogP contribution is 2.19. The summed E-state index contributed by atoms with van der Waals surface area (Å²) in [5.41, 5.74) is 4.76. The molecule has 1 heterocycles. The summed E-state index contributed by atoms with van der Waals surface area (Å²) in [5, 5.41) is 0. The van der Waals surface area contributed by atoms with Crippen LogP contribution in [-0.2, 0) is 4.79 Å². The number of aliphatic imine (C=N–C) groups is 1. The van der Waals surface area contributed by atoms with Crippen molar-refractivity contribution in [3.63, 3.8) is 0 Å². The molecule has 0 bridgehead atoms. The van der Waals surface area contributed by atoms with Crippen molar-refractivity contribution in [3.8, 4) is 17.6 Å². The standard InChI is InChI=1S/C31H35N3O2/c1-24(2)31(35)9-7-5-4-6-8-18-36-30-16-14-29(15-17-30)34-22-26-10-12-28(25(3)19-26)13-11-27-20-32-23-33-21-27/h10,12,14-17,19-24H,4-9,18H2,1-3H3/b34-22+. The summed E-state index contributed by atoms with van der Waals surface area (Å²) in [6, 6.07) is 14.0. The number of nitrogens with zero attached hydrogens (tertiary/aromatic N) is 3. The molecule has 0 spiro atoms. The van der Waals surface area contributed by atoms with Crippen LogP contribution < -0.4 is 4.74 Å². The Morgan fingerprint density at radius 1 is 0.972 bits per heavy atom. The molecule has 0 saturated heterocycles. The molecule has 0 atom stereocenters. The number of hydrogen-bond donors (Lipinski definition) is 0. The molecule has 0 aliphatic carbocycles. The molecule has 186 valence electrons. The van der Waals surface area contributed by atoms with E-state index >= 15 is 0 Å². The molecular formula is C31H35N3O2. The molecule has 0 N–H and O–H groups in total. The summed E-state index contributed by atoms with van der Waals surface area (Å²) in [7, 11) is 0. The number of carbonyl (C=O) groups excluding carboxylic acids is 1. The fourth-order valence-electron chi connectivity index (χ4n) is 3.60. The second-order valence-electron chi connectivity index (χ2n) is 9.19. The first-order valence-electron chi connectivity index (χ1n) is 12.7. The molecule has 1 aromatic heterocycles. The lowest BCUT2D eigenvalue weighted by atomic mass is 10.0. The van der Waals surface area contributed by atoms with Gasteiger partial charge in [-0.3, -0.25) is 9.79 Å². The van der Waals surface area contributed by atoms with E-state index in [-0.39, 0.29) is 5.92 Å². The van der Waals surface area contributed by atoms with Crippen molar-refractivity contribution in [2.24, 2.45) is 10.9 Å². The SMILES string of the molecule is Cc1cc(/C=N/c2ccc(OCCCCCCCC(=O)C(C)C)cc2)ccc1C#Cc1cncnc1. The first-order chi connectivity index (χ1) is 17.5. The van der Waals surface area contributed by atoms with Gasteiger partial charge in [0.25, 0.3) is 0 Å². The average Bonchev–Trinajstić information content (AvgIpc) is 2.89. The largest absolute Gasteiger partial charge is 0.494 e. The molecule has 0 amide bonds. The van der Waals surface area contributed by atoms with Gasteiger partial charge in [-0.2, -0.15) is 0 Å². The lowest BCUT2D eigenvalue weighted by molar-refractivity contribution is -0.122. The van der Waals surface area contributed by atoms with Gasteiger partial charge in [-0.25, -0.2) is 9.97 Å². The zero-order valence-corrected chi connectivity index (χ0v) is 21.5. The van der Waals surface area contributed by atoms with E-state index in [9.17, 15) is 4.79 Å². The summed E-state index contributed by atoms with van der Waals surface area (Å²) in [6.45, 7) is 6.69. The van der Waals surface area contributed by atoms with Gasteiger partial charge in [-0.05, 0) is 67.3 Å². The van der Waals surface area contributed by atoms with Crippen molar-refractivity contribution < 1.29 is 9.53 Å². The summed E-state index contributed by atoms with van der Waals surface area (Å²) in [4.78, 5) is 24.2. The number of Topliss-reactive ketones (excluding diaryl/α,β-unsaturated/α-hetero) is 1. The lowest BCUT2D eigenvalue weighted by Crippen LogP contribution is -2.06. The molecule has 0 unspecified atom stereocenters. The van der Waals surface area contributed by atoms with Crippen molar-refractivity contribution in [1.82, 2.24) is 9.97 Å². The molecule has 0 saturated carbocycles. The number of ketones is 1. The number of benzene rings is 2. The first kappa shape index (κ1) is 26.8. The maximum Gasteiger partial charge on any atom is 0.135 e. The molecule has 2 aromatic carbocycles. The van der Waals surface area contributed by atoms with Gasteiger partial charge < -0.3 is 4.74 Å². The van der Waals surface area contributed by atoms with Gasteiger partial charge in [0.2, 0.25) is 0 Å². The number of rotatable bonds is 12. The summed E-state index contributed by atoms with van der Waals surface area (Å²) in [6.07, 6.45) is 12.9. The van der Waals surface area contributed by atoms with Crippen molar-refractivity contribution in [3.05, 3.63) is 83.4 Å². The van der Waals surface area contributed by atoms with Gasteiger partial charge in [0.1, 0.15) is 17.9 Å². The van der Waals surface area contributed by atoms with Gasteiger partial charge >= 0.3 is 0 Å². The van der Waals surface area contributed by atoms with Gasteiger partial charge in [-0.1, -0.05) is 51.0 Å². The van der Waals surface area contributed by atoms with E-state index in [1.807, 2.05) is 63.4 Å². The molecule has 5 heteroatoms. The predicted octanol–water partition coefficient (Wildman–Crippen LogP) is 6.88. The Balaban J connectivity index is 1.39. The van der Waals surface area contributed by atoms with Crippen molar-refractivity contribution in [1.29, 1.82) is 0 Å². The van der Waals surface area contributed by atoms with E-state index in [2.05, 4.69) is 32.9 Å². The molecular weight excluding hydrogens is 446 g/mol. The van der Waals surface area contributed by atoms with Crippen LogP contribution in [0.1, 0.15) is 74.6 Å². The van der Waals surface area contributed by atoms with E-state index < -0.39 is 0 Å². The number of aromatic nitrogens is 2. The third kappa shape index (κ3) is 9.46. The van der Waals surface area contributed by atoms with Gasteiger partial charge in [-0.15, -0.1) is 0 Å². The maximum absolute atomic E-state index is 11.6. The maximum atomic E-state index is 11.6. The van der Waals surface area contributed by atoms with E-state index in [0.29, 0.717) is 18.8 Å². The summed E-state index contributed by atoms with van der Waals surface area (Å²) < 4.78 is 5.86. The molecule has 36 heavy (non-hydrogen) atoms. The smallest absolute Gasteiger partial charge is 0.135 e. The number of hydrogen-bond acceptors (Lipinski definition) is 5. The minimum atomic E-state index is 0.161. The zero-order chi connectivity index (χ0) is 25.6. The quantitative estimate of drug-likeness (QED) is 0.161. The Hall–Kier alpha value is -3.78. The summed E-state index contributed by atoms with van der Waals surface area (Å²) in [5.74, 6) is 7.66. The minimum Gasteiger partial charge on any atom is -0.494 e. The lowest BCUT2D eigenvalue weighted by Gasteiger charge is -2.07. The van der Waals surface area contributed by atoms with Gasteiger partial charge in [0.05, 0.1) is 17.9 Å². The van der Waals surface area contributed by atoms with Gasteiger partial charge in [0, 0.05) is 36.5 Å². The highest BCUT2D eigenvalue weighted by Gasteiger charge is 2.05. The predicted molar refractivity (Wildman–Crippen MR) is 146 cm³/mol. The molecule has 0 aliphatic rings. The Bertz CT molecular complexity index is 1190. The van der Waals surface area contributed by atoms with Crippen LogP contribution >= 0.6 is 0 Å². The summed E-state index contributed by atoms with van der Waals surface area (Å²) >= 11 is 0. The highest BCUT2D eigenvalue weighted by molar-refractivity contribution is 5.82. The fraction of sp³-hybridized carbons (Fsp3) is 0.355. The highest BCUT2D eigenvalue weighted by atomic mass is 16.5. The van der Waals surface area contributed by atoms with Crippen LogP contribution in [0, 0.1) is 24.7 Å². The van der Waals surface area contributed by atoms with Crippen LogP contribution in [0.25, 0.3) is 0 Å². The van der Waals surface area contributed by atoms with Crippen LogP contribution in [0.2, 0.25) is 0 Å². The average molecular weight is 482 g/mol. The van der Waals surface area contributed by atoms with E-state index in [0.717, 1.165) is 65.8 Å². The van der Waals surface area contributed by atoms with Crippen molar-refractivity contribution in [2.75, 3.05) is 6.61 Å². The second kappa shape index (κ2) is 14.6. The van der Waals surface area contributed by atoms with Crippen LogP contribution in [0.4, 0.5) is 5.69 Å². The molecule has 3 rings (SSSR count). The third-order valence-electron chi connectivity index (χ3n) is 5.83. The normalized spacial score (nSPS) is 10.9. The van der Waals surface area contributed by atoms with E-state index in [1.54, 1.807) is 12.4 Å². The molecule has 0 radical (unpaired) electrons. The topological polar surface area (TPSA) is 64.4 Å². The minimum absolute atomic E-state index is 0.161. The molecule has 0 aliphatic heterocycles. The van der Waals surface area contributed by atoms with E-state index in [4.69, 9.17) is 4.74 Å². The first-order valence-corrected chi connectivity index (χ1v) is 12.7. The molecule has 0 fully saturated rings. The Morgan fingerprint density at radius 3 is 2.42 bits per heavy atom. The number of ether oxygens (including phenoxy) is 1. The molecule has 3 aromatic rings. The van der Waals surface area contributed by atoms with Crippen LogP contribution in [0.5, 0.6) is 5.75 Å². The Morgan fingerprint density at radius 2 is 1.69 bits per heavy atom. The number of carbonyl (C=O) groups is 1. The second-order valence-corrected chi connectivity index (χ2v) is 9.19. The Labute approximate surface area is 215 Å². The van der Waals surface area contributed by atoms with E-state index in [1.165, 1.54) is 6.33 Å². The van der Waals surface area contributed by atoms with Gasteiger partial charge in [0.15, 0.2) is 0 Å². The number of unbranched alkanes of at least 4 members (excludes halogenated alkanes) is 4. The Kier molecular flexibility index (Phi) is 10.9. The van der Waals surface area contributed by atoms with Crippen LogP contribution in [-0.4, -0.2) is 28.6 Å². The number of aryl methyl sites for hydroxylation is 1. The van der Waals surface area contributed by atoms with Crippen molar-refractivity contribution in [2.45, 2.75) is 59.3 Å². The fourth-order valence-corrected chi connectivity index (χ4v) is 3.60. The van der Waals surface area contributed by atoms with Crippen LogP contribution in [0.15, 0.2) is 66.2 Å².